The molecule has 5 nitrogen and oxygen atoms in total. The summed E-state index contributed by atoms with van der Waals surface area (Å²) in [6.45, 7) is 4.65. The van der Waals surface area contributed by atoms with Gasteiger partial charge in [0.05, 0.1) is 6.10 Å². The van der Waals surface area contributed by atoms with Gasteiger partial charge in [0.25, 0.3) is 0 Å². The van der Waals surface area contributed by atoms with Crippen LogP contribution in [0.5, 0.6) is 0 Å². The lowest BCUT2D eigenvalue weighted by Gasteiger charge is -2.16. The second kappa shape index (κ2) is 5.20. The number of ether oxygens (including phenoxy) is 2. The van der Waals surface area contributed by atoms with Crippen molar-refractivity contribution in [2.75, 3.05) is 13.7 Å². The van der Waals surface area contributed by atoms with Crippen molar-refractivity contribution in [1.82, 2.24) is 0 Å². The largest absolute Gasteiger partial charge is 0.356 e. The molecule has 0 aliphatic carbocycles. The first-order valence-corrected chi connectivity index (χ1v) is 4.93. The first kappa shape index (κ1) is 11.3. The van der Waals surface area contributed by atoms with E-state index >= 15 is 0 Å². The predicted octanol–water partition coefficient (Wildman–Crippen LogP) is 2.33. The van der Waals surface area contributed by atoms with Crippen molar-refractivity contribution in [3.8, 4) is 0 Å². The molecule has 1 aliphatic heterocycles. The van der Waals surface area contributed by atoms with Crippen LogP contribution in [0.25, 0.3) is 10.4 Å². The molecule has 1 rings (SSSR count). The van der Waals surface area contributed by atoms with Crippen LogP contribution in [0.2, 0.25) is 0 Å². The van der Waals surface area contributed by atoms with Gasteiger partial charge < -0.3 is 9.47 Å². The Kier molecular flexibility index (Phi) is 4.20. The Morgan fingerprint density at radius 1 is 1.57 bits per heavy atom. The van der Waals surface area contributed by atoms with Gasteiger partial charge in [-0.15, -0.1) is 0 Å². The van der Waals surface area contributed by atoms with Crippen molar-refractivity contribution in [1.29, 1.82) is 0 Å². The summed E-state index contributed by atoms with van der Waals surface area (Å²) in [6, 6.07) is 0. The summed E-state index contributed by atoms with van der Waals surface area (Å²) in [5.41, 5.74) is 8.27. The van der Waals surface area contributed by atoms with Gasteiger partial charge in [-0.25, -0.2) is 0 Å². The topological polar surface area (TPSA) is 67.2 Å². The monoisotopic (exact) mass is 199 g/mol. The van der Waals surface area contributed by atoms with Gasteiger partial charge in [-0.3, -0.25) is 0 Å². The van der Waals surface area contributed by atoms with Gasteiger partial charge in [0.1, 0.15) is 0 Å². The maximum atomic E-state index is 8.27. The standard InChI is InChI=1S/C9H17N3O2/c1-4-8-6(2)7(5-11-12-10)9(13-3)14-8/h6-9H,4-5H2,1-3H3/t6-,7+,8+,9+/m0/s1. The molecule has 0 spiro atoms. The van der Waals surface area contributed by atoms with Crippen LogP contribution in [-0.2, 0) is 9.47 Å². The zero-order valence-electron chi connectivity index (χ0n) is 8.88. The van der Waals surface area contributed by atoms with Gasteiger partial charge in [-0.05, 0) is 17.9 Å². The Balaban J connectivity index is 2.64. The summed E-state index contributed by atoms with van der Waals surface area (Å²) in [6.07, 6.45) is 0.965. The Bertz CT molecular complexity index is 226. The minimum atomic E-state index is -0.222. The molecule has 0 radical (unpaired) electrons. The molecule has 1 fully saturated rings. The first-order chi connectivity index (χ1) is 6.74. The number of rotatable bonds is 4. The fourth-order valence-electron chi connectivity index (χ4n) is 2.00. The fourth-order valence-corrected chi connectivity index (χ4v) is 2.00. The molecule has 0 aromatic heterocycles. The quantitative estimate of drug-likeness (QED) is 0.396. The van der Waals surface area contributed by atoms with E-state index in [1.54, 1.807) is 7.11 Å². The smallest absolute Gasteiger partial charge is 0.160 e. The van der Waals surface area contributed by atoms with Crippen LogP contribution in [0.15, 0.2) is 5.11 Å². The van der Waals surface area contributed by atoms with E-state index < -0.39 is 0 Å². The zero-order chi connectivity index (χ0) is 10.6. The second-order valence-electron chi connectivity index (χ2n) is 3.62. The van der Waals surface area contributed by atoms with Gasteiger partial charge >= 0.3 is 0 Å². The van der Waals surface area contributed by atoms with E-state index in [1.807, 2.05) is 0 Å². The van der Waals surface area contributed by atoms with Gasteiger partial charge in [0.2, 0.25) is 0 Å². The second-order valence-corrected chi connectivity index (χ2v) is 3.62. The van der Waals surface area contributed by atoms with Gasteiger partial charge in [0.15, 0.2) is 6.29 Å². The third-order valence-corrected chi connectivity index (χ3v) is 2.91. The Morgan fingerprint density at radius 2 is 2.29 bits per heavy atom. The predicted molar refractivity (Wildman–Crippen MR) is 52.6 cm³/mol. The summed E-state index contributed by atoms with van der Waals surface area (Å²) in [4.78, 5) is 2.77. The van der Waals surface area contributed by atoms with Gasteiger partial charge in [0, 0.05) is 24.5 Å². The molecule has 0 amide bonds. The summed E-state index contributed by atoms with van der Waals surface area (Å²) < 4.78 is 10.9. The number of methoxy groups -OCH3 is 1. The highest BCUT2D eigenvalue weighted by Gasteiger charge is 2.40. The molecule has 0 N–H and O–H groups in total. The van der Waals surface area contributed by atoms with Crippen molar-refractivity contribution in [3.63, 3.8) is 0 Å². The van der Waals surface area contributed by atoms with E-state index in [4.69, 9.17) is 15.0 Å². The minimum absolute atomic E-state index is 0.181. The fraction of sp³-hybridized carbons (Fsp3) is 1.00. The van der Waals surface area contributed by atoms with Crippen LogP contribution in [0.1, 0.15) is 20.3 Å². The van der Waals surface area contributed by atoms with Crippen LogP contribution < -0.4 is 0 Å². The third kappa shape index (κ3) is 2.18. The van der Waals surface area contributed by atoms with Crippen LogP contribution in [-0.4, -0.2) is 26.0 Å². The van der Waals surface area contributed by atoms with E-state index in [2.05, 4.69) is 23.9 Å². The Labute approximate surface area is 84.0 Å². The van der Waals surface area contributed by atoms with E-state index in [0.29, 0.717) is 12.5 Å². The molecule has 0 bridgehead atoms. The number of azide groups is 1. The van der Waals surface area contributed by atoms with Crippen molar-refractivity contribution < 1.29 is 9.47 Å². The molecule has 0 saturated carbocycles. The van der Waals surface area contributed by atoms with Crippen LogP contribution in [0, 0.1) is 11.8 Å². The van der Waals surface area contributed by atoms with E-state index in [1.165, 1.54) is 0 Å². The number of nitrogens with zero attached hydrogens (tertiary/aromatic N) is 3. The molecule has 1 heterocycles. The average molecular weight is 199 g/mol. The summed E-state index contributed by atoms with van der Waals surface area (Å²) in [7, 11) is 1.62. The highest BCUT2D eigenvalue weighted by Crippen LogP contribution is 2.34. The molecule has 4 atom stereocenters. The molecule has 0 aromatic carbocycles. The molecular formula is C9H17N3O2. The molecule has 80 valence electrons. The summed E-state index contributed by atoms with van der Waals surface area (Å²) in [5, 5.41) is 3.59. The van der Waals surface area contributed by atoms with E-state index in [0.717, 1.165) is 6.42 Å². The van der Waals surface area contributed by atoms with Crippen LogP contribution in [0.4, 0.5) is 0 Å². The summed E-state index contributed by atoms with van der Waals surface area (Å²) >= 11 is 0. The van der Waals surface area contributed by atoms with Crippen LogP contribution in [0.3, 0.4) is 0 Å². The van der Waals surface area contributed by atoms with Crippen molar-refractivity contribution >= 4 is 0 Å². The molecule has 1 aliphatic rings. The lowest BCUT2D eigenvalue weighted by Crippen LogP contribution is -2.23. The van der Waals surface area contributed by atoms with Crippen molar-refractivity contribution in [3.05, 3.63) is 10.4 Å². The molecule has 0 aromatic rings. The first-order valence-electron chi connectivity index (χ1n) is 4.93. The van der Waals surface area contributed by atoms with Gasteiger partial charge in [-0.1, -0.05) is 19.0 Å². The van der Waals surface area contributed by atoms with Crippen molar-refractivity contribution in [2.24, 2.45) is 17.0 Å². The summed E-state index contributed by atoms with van der Waals surface area (Å²) in [5.74, 6) is 0.566. The maximum absolute atomic E-state index is 8.27. The van der Waals surface area contributed by atoms with Gasteiger partial charge in [-0.2, -0.15) is 0 Å². The van der Waals surface area contributed by atoms with Crippen LogP contribution >= 0.6 is 0 Å². The van der Waals surface area contributed by atoms with E-state index in [-0.39, 0.29) is 18.3 Å². The molecule has 14 heavy (non-hydrogen) atoms. The third-order valence-electron chi connectivity index (χ3n) is 2.91. The molecule has 5 heteroatoms. The average Bonchev–Trinajstić information content (AvgIpc) is 2.52. The maximum Gasteiger partial charge on any atom is 0.160 e. The number of hydrogen-bond donors (Lipinski definition) is 0. The number of hydrogen-bond acceptors (Lipinski definition) is 3. The zero-order valence-corrected chi connectivity index (χ0v) is 8.88. The lowest BCUT2D eigenvalue weighted by molar-refractivity contribution is -0.130. The minimum Gasteiger partial charge on any atom is -0.356 e. The van der Waals surface area contributed by atoms with E-state index in [9.17, 15) is 0 Å². The highest BCUT2D eigenvalue weighted by molar-refractivity contribution is 4.84. The molecular weight excluding hydrogens is 182 g/mol. The van der Waals surface area contributed by atoms with Crippen molar-refractivity contribution in [2.45, 2.75) is 32.7 Å². The lowest BCUT2D eigenvalue weighted by atomic mass is 9.91. The molecule has 0 unspecified atom stereocenters. The Morgan fingerprint density at radius 3 is 2.79 bits per heavy atom. The molecule has 1 saturated heterocycles. The SMILES string of the molecule is CC[C@H]1O[C@@H](OC)[C@H](CN=[N+]=[N-])[C@@H]1C. The highest BCUT2D eigenvalue weighted by atomic mass is 16.7. The normalized spacial score (nSPS) is 36.8. The Hall–Kier alpha value is -0.770.